The van der Waals surface area contributed by atoms with Crippen LogP contribution in [0.4, 0.5) is 0 Å². The van der Waals surface area contributed by atoms with Gasteiger partial charge in [0.1, 0.15) is 23.1 Å². The minimum atomic E-state index is -1.07. The first-order valence-electron chi connectivity index (χ1n) is 11.9. The molecule has 2 heterocycles. The van der Waals surface area contributed by atoms with E-state index in [1.165, 1.54) is 23.1 Å². The third kappa shape index (κ3) is 4.29. The SMILES string of the molecule is CC(C)[C@@H]1CC[C@H](C)C[C@H]1O[C@@](C)(C(=O)N[C@@H]1C(=O)N2[C@@H]1SC(C)(C)[C@@H]2C(=O)O)C(C)C. The number of aliphatic carboxylic acids is 1. The second kappa shape index (κ2) is 8.82. The lowest BCUT2D eigenvalue weighted by atomic mass is 9.75. The Morgan fingerprint density at radius 2 is 1.88 bits per heavy atom. The first-order chi connectivity index (χ1) is 14.7. The van der Waals surface area contributed by atoms with E-state index in [1.807, 2.05) is 34.6 Å². The molecule has 0 aromatic carbocycles. The number of nitrogens with one attached hydrogen (secondary N) is 1. The summed E-state index contributed by atoms with van der Waals surface area (Å²) in [6, 6.07) is -1.61. The Bertz CT molecular complexity index is 769. The van der Waals surface area contributed by atoms with Crippen LogP contribution >= 0.6 is 11.8 Å². The molecular weight excluding hydrogens is 428 g/mol. The van der Waals surface area contributed by atoms with Crippen molar-refractivity contribution < 1.29 is 24.2 Å². The fraction of sp³-hybridized carbons (Fsp3) is 0.875. The van der Waals surface area contributed by atoms with Crippen molar-refractivity contribution >= 4 is 29.5 Å². The molecule has 2 N–H and O–H groups in total. The molecule has 1 aliphatic carbocycles. The van der Waals surface area contributed by atoms with Gasteiger partial charge in [-0.2, -0.15) is 0 Å². The summed E-state index contributed by atoms with van der Waals surface area (Å²) in [5.74, 6) is -0.280. The molecule has 7 nitrogen and oxygen atoms in total. The van der Waals surface area contributed by atoms with Crippen LogP contribution in [0, 0.1) is 23.7 Å². The summed E-state index contributed by atoms with van der Waals surface area (Å²) in [7, 11) is 0. The lowest BCUT2D eigenvalue weighted by molar-refractivity contribution is -0.179. The van der Waals surface area contributed by atoms with Crippen LogP contribution in [-0.2, 0) is 19.1 Å². The van der Waals surface area contributed by atoms with E-state index in [0.29, 0.717) is 17.8 Å². The maximum Gasteiger partial charge on any atom is 0.327 e. The van der Waals surface area contributed by atoms with E-state index in [2.05, 4.69) is 26.1 Å². The Morgan fingerprint density at radius 3 is 2.41 bits per heavy atom. The zero-order valence-corrected chi connectivity index (χ0v) is 21.5. The van der Waals surface area contributed by atoms with Gasteiger partial charge in [-0.15, -0.1) is 11.8 Å². The van der Waals surface area contributed by atoms with Crippen LogP contribution in [0.2, 0.25) is 0 Å². The van der Waals surface area contributed by atoms with Gasteiger partial charge < -0.3 is 20.1 Å². The van der Waals surface area contributed by atoms with Crippen molar-refractivity contribution in [2.24, 2.45) is 23.7 Å². The standard InChI is InChI=1S/C24H40N2O5S/c1-12(2)15-10-9-14(5)11-16(15)31-24(8,13(3)4)22(30)25-17-19(27)26-18(21(28)29)23(6,7)32-20(17)26/h12-18,20H,9-11H2,1-8H3,(H,25,30)(H,28,29)/t14-,15-,16+,17+,18-,20+,24+/m0/s1. The molecule has 0 spiro atoms. The number of rotatable bonds is 7. The van der Waals surface area contributed by atoms with Crippen molar-refractivity contribution in [1.29, 1.82) is 0 Å². The number of carbonyl (C=O) groups excluding carboxylic acids is 2. The monoisotopic (exact) mass is 468 g/mol. The zero-order valence-electron chi connectivity index (χ0n) is 20.7. The van der Waals surface area contributed by atoms with Gasteiger partial charge in [-0.25, -0.2) is 4.79 Å². The molecule has 3 aliphatic rings. The van der Waals surface area contributed by atoms with E-state index in [9.17, 15) is 19.5 Å². The molecule has 182 valence electrons. The Kier molecular flexibility index (Phi) is 6.99. The van der Waals surface area contributed by atoms with Crippen LogP contribution in [0.5, 0.6) is 0 Å². The molecule has 2 amide bonds. The molecule has 0 bridgehead atoms. The van der Waals surface area contributed by atoms with Gasteiger partial charge in [0.05, 0.1) is 6.10 Å². The molecule has 3 fully saturated rings. The van der Waals surface area contributed by atoms with E-state index in [4.69, 9.17) is 4.74 Å². The second-order valence-electron chi connectivity index (χ2n) is 11.3. The number of hydrogen-bond donors (Lipinski definition) is 2. The van der Waals surface area contributed by atoms with E-state index >= 15 is 0 Å². The van der Waals surface area contributed by atoms with Gasteiger partial charge in [-0.05, 0) is 57.3 Å². The van der Waals surface area contributed by atoms with Gasteiger partial charge in [0.25, 0.3) is 5.91 Å². The summed E-state index contributed by atoms with van der Waals surface area (Å²) in [6.07, 6.45) is 3.21. The maximum atomic E-state index is 13.5. The zero-order chi connectivity index (χ0) is 24.2. The highest BCUT2D eigenvalue weighted by Gasteiger charge is 2.64. The highest BCUT2D eigenvalue weighted by molar-refractivity contribution is 8.01. The number of ether oxygens (including phenoxy) is 1. The van der Waals surface area contributed by atoms with Gasteiger partial charge in [0, 0.05) is 4.75 Å². The number of fused-ring (bicyclic) bond motifs is 1. The third-order valence-electron chi connectivity index (χ3n) is 7.87. The molecule has 0 aromatic heterocycles. The van der Waals surface area contributed by atoms with Gasteiger partial charge in [0.2, 0.25) is 5.91 Å². The van der Waals surface area contributed by atoms with Crippen molar-refractivity contribution in [2.75, 3.05) is 0 Å². The lowest BCUT2D eigenvalue weighted by Gasteiger charge is -2.47. The maximum absolute atomic E-state index is 13.5. The highest BCUT2D eigenvalue weighted by Crippen LogP contribution is 2.51. The normalized spacial score (nSPS) is 35.9. The summed E-state index contributed by atoms with van der Waals surface area (Å²) in [5.41, 5.74) is -1.07. The van der Waals surface area contributed by atoms with Crippen LogP contribution in [0.25, 0.3) is 0 Å². The van der Waals surface area contributed by atoms with Gasteiger partial charge in [-0.1, -0.05) is 41.0 Å². The molecule has 0 radical (unpaired) electrons. The number of amides is 2. The molecule has 0 unspecified atom stereocenters. The number of nitrogens with zero attached hydrogens (tertiary/aromatic N) is 1. The van der Waals surface area contributed by atoms with Gasteiger partial charge in [-0.3, -0.25) is 9.59 Å². The number of carboxylic acids is 1. The van der Waals surface area contributed by atoms with Crippen LogP contribution in [-0.4, -0.2) is 61.7 Å². The van der Waals surface area contributed by atoms with Gasteiger partial charge in [0.15, 0.2) is 0 Å². The Morgan fingerprint density at radius 1 is 1.25 bits per heavy atom. The van der Waals surface area contributed by atoms with Crippen LogP contribution < -0.4 is 5.32 Å². The predicted molar refractivity (Wildman–Crippen MR) is 125 cm³/mol. The number of thioether (sulfide) groups is 1. The Hall–Kier alpha value is -1.28. The van der Waals surface area contributed by atoms with Crippen molar-refractivity contribution in [3.8, 4) is 0 Å². The summed E-state index contributed by atoms with van der Waals surface area (Å²) >= 11 is 1.44. The first kappa shape index (κ1) is 25.3. The second-order valence-corrected chi connectivity index (χ2v) is 13.1. The van der Waals surface area contributed by atoms with Gasteiger partial charge >= 0.3 is 5.97 Å². The average molecular weight is 469 g/mol. The van der Waals surface area contributed by atoms with Crippen molar-refractivity contribution in [1.82, 2.24) is 10.2 Å². The largest absolute Gasteiger partial charge is 0.480 e. The van der Waals surface area contributed by atoms with E-state index < -0.39 is 28.4 Å². The summed E-state index contributed by atoms with van der Waals surface area (Å²) < 4.78 is 6.01. The fourth-order valence-electron chi connectivity index (χ4n) is 5.45. The number of β-lactam (4-membered cyclic amide) rings is 1. The third-order valence-corrected chi connectivity index (χ3v) is 9.44. The fourth-order valence-corrected chi connectivity index (χ4v) is 7.07. The van der Waals surface area contributed by atoms with Crippen molar-refractivity contribution in [2.45, 2.75) is 109 Å². The number of carbonyl (C=O) groups is 3. The molecule has 2 aliphatic heterocycles. The smallest absolute Gasteiger partial charge is 0.327 e. The molecule has 1 saturated carbocycles. The molecule has 32 heavy (non-hydrogen) atoms. The topological polar surface area (TPSA) is 95.9 Å². The Balaban J connectivity index is 1.76. The Labute approximate surface area is 196 Å². The van der Waals surface area contributed by atoms with Crippen LogP contribution in [0.1, 0.15) is 74.7 Å². The predicted octanol–water partition coefficient (Wildman–Crippen LogP) is 3.51. The first-order valence-corrected chi connectivity index (χ1v) is 12.8. The van der Waals surface area contributed by atoms with E-state index in [-0.39, 0.29) is 29.2 Å². The summed E-state index contributed by atoms with van der Waals surface area (Å²) in [5, 5.41) is 12.2. The van der Waals surface area contributed by atoms with Crippen molar-refractivity contribution in [3.63, 3.8) is 0 Å². The summed E-state index contributed by atoms with van der Waals surface area (Å²) in [6.45, 7) is 16.1. The highest BCUT2D eigenvalue weighted by atomic mass is 32.2. The molecule has 3 rings (SSSR count). The lowest BCUT2D eigenvalue weighted by Crippen LogP contribution is -2.72. The van der Waals surface area contributed by atoms with Crippen LogP contribution in [0.15, 0.2) is 0 Å². The van der Waals surface area contributed by atoms with Crippen LogP contribution in [0.3, 0.4) is 0 Å². The molecule has 7 atom stereocenters. The van der Waals surface area contributed by atoms with Crippen molar-refractivity contribution in [3.05, 3.63) is 0 Å². The molecule has 2 saturated heterocycles. The minimum absolute atomic E-state index is 0.00155. The quantitative estimate of drug-likeness (QED) is 0.555. The number of hydrogen-bond acceptors (Lipinski definition) is 5. The number of carboxylic acid groups (broad SMARTS) is 1. The average Bonchev–Trinajstić information content (AvgIpc) is 2.93. The minimum Gasteiger partial charge on any atom is -0.480 e. The molecular formula is C24H40N2O5S. The van der Waals surface area contributed by atoms with E-state index in [0.717, 1.165) is 12.8 Å². The summed E-state index contributed by atoms with van der Waals surface area (Å²) in [4.78, 5) is 39.5. The molecule has 8 heteroatoms. The van der Waals surface area contributed by atoms with E-state index in [1.54, 1.807) is 0 Å². The molecule has 0 aromatic rings.